The number of thiophene rings is 1. The Kier molecular flexibility index (Phi) is 4.53. The van der Waals surface area contributed by atoms with E-state index in [4.69, 9.17) is 10.5 Å². The van der Waals surface area contributed by atoms with Crippen LogP contribution in [0.1, 0.15) is 24.0 Å². The molecular weight excluding hydrogens is 334 g/mol. The number of hydrogen-bond donors (Lipinski definition) is 2. The van der Waals surface area contributed by atoms with E-state index in [1.165, 1.54) is 11.3 Å². The molecule has 0 saturated carbocycles. The van der Waals surface area contributed by atoms with Gasteiger partial charge in [-0.3, -0.25) is 4.79 Å². The number of rotatable bonds is 2. The maximum atomic E-state index is 11.8. The predicted octanol–water partition coefficient (Wildman–Crippen LogP) is 3.49. The molecule has 3 rings (SSSR count). The Labute approximate surface area is 147 Å². The molecule has 0 bridgehead atoms. The highest BCUT2D eigenvalue weighted by atomic mass is 32.1. The molecule has 6 heteroatoms. The van der Waals surface area contributed by atoms with Crippen molar-refractivity contribution in [1.29, 1.82) is 10.5 Å². The van der Waals surface area contributed by atoms with E-state index in [0.29, 0.717) is 23.1 Å². The molecule has 0 aliphatic heterocycles. The number of aromatic amines is 1. The first-order valence-corrected chi connectivity index (χ1v) is 8.26. The summed E-state index contributed by atoms with van der Waals surface area (Å²) in [6.45, 7) is 0. The fourth-order valence-electron chi connectivity index (χ4n) is 2.42. The van der Waals surface area contributed by atoms with Crippen molar-refractivity contribution in [3.05, 3.63) is 51.1 Å². The van der Waals surface area contributed by atoms with E-state index in [0.717, 1.165) is 16.7 Å². The Morgan fingerprint density at radius 3 is 2.60 bits per heavy atom. The van der Waals surface area contributed by atoms with E-state index < -0.39 is 5.56 Å². The van der Waals surface area contributed by atoms with Crippen LogP contribution in [0, 0.1) is 34.5 Å². The number of nitriles is 2. The molecule has 0 fully saturated rings. The highest BCUT2D eigenvalue weighted by Crippen LogP contribution is 2.38. The average Bonchev–Trinajstić information content (AvgIpc) is 3.03. The van der Waals surface area contributed by atoms with Crippen LogP contribution in [0.3, 0.4) is 0 Å². The van der Waals surface area contributed by atoms with Crippen LogP contribution in [0.2, 0.25) is 0 Å². The number of fused-ring (bicyclic) bond motifs is 1. The summed E-state index contributed by atoms with van der Waals surface area (Å²) in [6, 6.07) is 11.2. The van der Waals surface area contributed by atoms with Gasteiger partial charge in [-0.2, -0.15) is 10.5 Å². The molecule has 0 aliphatic rings. The number of pyridine rings is 1. The van der Waals surface area contributed by atoms with Gasteiger partial charge < -0.3 is 10.1 Å². The van der Waals surface area contributed by atoms with Crippen LogP contribution in [0.4, 0.5) is 0 Å². The molecule has 0 amide bonds. The van der Waals surface area contributed by atoms with E-state index >= 15 is 0 Å². The van der Waals surface area contributed by atoms with Crippen LogP contribution in [0.15, 0.2) is 34.4 Å². The summed E-state index contributed by atoms with van der Waals surface area (Å²) in [7, 11) is 0. The van der Waals surface area contributed by atoms with E-state index in [9.17, 15) is 9.90 Å². The predicted molar refractivity (Wildman–Crippen MR) is 96.0 cm³/mol. The smallest absolute Gasteiger partial charge is 0.270 e. The lowest BCUT2D eigenvalue weighted by atomic mass is 10.0. The Morgan fingerprint density at radius 2 is 1.92 bits per heavy atom. The molecule has 25 heavy (non-hydrogen) atoms. The fourth-order valence-corrected chi connectivity index (χ4v) is 3.38. The van der Waals surface area contributed by atoms with Gasteiger partial charge in [0.15, 0.2) is 5.56 Å². The lowest BCUT2D eigenvalue weighted by molar-refractivity contribution is 0.479. The van der Waals surface area contributed by atoms with E-state index in [1.54, 1.807) is 6.07 Å². The number of nitrogens with zero attached hydrogens (tertiary/aromatic N) is 2. The van der Waals surface area contributed by atoms with Gasteiger partial charge in [0.05, 0.1) is 11.5 Å². The van der Waals surface area contributed by atoms with Crippen molar-refractivity contribution in [1.82, 2.24) is 4.98 Å². The molecule has 2 heterocycles. The molecule has 0 radical (unpaired) electrons. The van der Waals surface area contributed by atoms with Crippen LogP contribution in [-0.4, -0.2) is 10.1 Å². The van der Waals surface area contributed by atoms with Gasteiger partial charge >= 0.3 is 0 Å². The van der Waals surface area contributed by atoms with Crippen LogP contribution >= 0.6 is 11.3 Å². The lowest BCUT2D eigenvalue weighted by Gasteiger charge is -2.03. The minimum absolute atomic E-state index is 0.285. The van der Waals surface area contributed by atoms with Crippen LogP contribution in [-0.2, 0) is 0 Å². The molecule has 1 aromatic carbocycles. The maximum Gasteiger partial charge on any atom is 0.270 e. The minimum atomic E-state index is -0.594. The van der Waals surface area contributed by atoms with Crippen LogP contribution in [0.5, 0.6) is 5.75 Å². The summed E-state index contributed by atoms with van der Waals surface area (Å²) in [5.74, 6) is 5.62. The Balaban J connectivity index is 2.03. The van der Waals surface area contributed by atoms with E-state index in [2.05, 4.69) is 16.8 Å². The van der Waals surface area contributed by atoms with Gasteiger partial charge in [0.2, 0.25) is 0 Å². The molecule has 2 aromatic heterocycles. The van der Waals surface area contributed by atoms with Crippen molar-refractivity contribution in [2.45, 2.75) is 12.8 Å². The van der Waals surface area contributed by atoms with Crippen molar-refractivity contribution in [2.75, 3.05) is 0 Å². The lowest BCUT2D eigenvalue weighted by Crippen LogP contribution is -2.09. The molecule has 2 N–H and O–H groups in total. The number of aromatic nitrogens is 1. The molecule has 0 saturated heterocycles. The summed E-state index contributed by atoms with van der Waals surface area (Å²) < 4.78 is 0. The average molecular weight is 345 g/mol. The molecule has 5 nitrogen and oxygen atoms in total. The van der Waals surface area contributed by atoms with Crippen molar-refractivity contribution < 1.29 is 5.11 Å². The number of aromatic hydroxyl groups is 1. The highest BCUT2D eigenvalue weighted by molar-refractivity contribution is 7.17. The van der Waals surface area contributed by atoms with Crippen molar-refractivity contribution in [2.24, 2.45) is 0 Å². The first-order chi connectivity index (χ1) is 12.2. The maximum absolute atomic E-state index is 11.8. The highest BCUT2D eigenvalue weighted by Gasteiger charge is 2.17. The van der Waals surface area contributed by atoms with Gasteiger partial charge in [-0.15, -0.1) is 11.3 Å². The third-order valence-corrected chi connectivity index (χ3v) is 4.52. The zero-order valence-electron chi connectivity index (χ0n) is 13.0. The fraction of sp³-hybridized carbons (Fsp3) is 0.105. The van der Waals surface area contributed by atoms with E-state index in [-0.39, 0.29) is 11.3 Å². The summed E-state index contributed by atoms with van der Waals surface area (Å²) in [6.07, 6.45) is 0.941. The van der Waals surface area contributed by atoms with Crippen molar-refractivity contribution in [3.8, 4) is 40.9 Å². The van der Waals surface area contributed by atoms with Gasteiger partial charge in [0.1, 0.15) is 16.6 Å². The third kappa shape index (κ3) is 3.10. The zero-order chi connectivity index (χ0) is 17.8. The van der Waals surface area contributed by atoms with Gasteiger partial charge in [0, 0.05) is 29.3 Å². The van der Waals surface area contributed by atoms with E-state index in [1.807, 2.05) is 35.7 Å². The van der Waals surface area contributed by atoms with Gasteiger partial charge in [0.25, 0.3) is 5.56 Å². The molecule has 0 aliphatic carbocycles. The van der Waals surface area contributed by atoms with Crippen LogP contribution < -0.4 is 5.56 Å². The number of unbranched alkanes of at least 4 members (excludes halogenated alkanes) is 1. The third-order valence-electron chi connectivity index (χ3n) is 3.62. The van der Waals surface area contributed by atoms with Gasteiger partial charge in [-0.1, -0.05) is 24.0 Å². The Bertz CT molecular complexity index is 1150. The van der Waals surface area contributed by atoms with Crippen molar-refractivity contribution in [3.63, 3.8) is 0 Å². The topological polar surface area (TPSA) is 101 Å². The molecule has 120 valence electrons. The quantitative estimate of drug-likeness (QED) is 0.548. The second-order valence-corrected chi connectivity index (χ2v) is 6.06. The SMILES string of the molecule is N#CCCC#Cc1ccc(-c2csc3[nH]c(=O)c(C#N)c(O)c23)cc1. The number of hydrogen-bond acceptors (Lipinski definition) is 5. The summed E-state index contributed by atoms with van der Waals surface area (Å²) in [5.41, 5.74) is 1.54. The zero-order valence-corrected chi connectivity index (χ0v) is 13.8. The summed E-state index contributed by atoms with van der Waals surface area (Å²) >= 11 is 1.30. The van der Waals surface area contributed by atoms with Crippen LogP contribution in [0.25, 0.3) is 21.3 Å². The molecule has 3 aromatic rings. The molecule has 0 spiro atoms. The molecule has 0 unspecified atom stereocenters. The first kappa shape index (κ1) is 16.3. The standard InChI is InChI=1S/C19H11N3O2S/c20-9-3-1-2-4-12-5-7-13(8-6-12)15-11-25-19-16(15)17(23)14(10-21)18(24)22-19/h5-8,11H,1,3H2,(H2,22,23,24). The van der Waals surface area contributed by atoms with Crippen molar-refractivity contribution >= 4 is 21.6 Å². The minimum Gasteiger partial charge on any atom is -0.506 e. The summed E-state index contributed by atoms with van der Waals surface area (Å²) in [4.78, 5) is 14.9. The Morgan fingerprint density at radius 1 is 1.16 bits per heavy atom. The largest absolute Gasteiger partial charge is 0.506 e. The number of benzene rings is 1. The molecule has 0 atom stereocenters. The molecular formula is C19H11N3O2S. The second kappa shape index (κ2) is 6.93. The van der Waals surface area contributed by atoms with Gasteiger partial charge in [-0.05, 0) is 17.7 Å². The number of nitrogens with one attached hydrogen (secondary N) is 1. The number of H-pyrrole nitrogens is 1. The summed E-state index contributed by atoms with van der Waals surface area (Å²) in [5, 5.41) is 30.1. The Hall–Kier alpha value is -3.53. The normalized spacial score (nSPS) is 9.84. The first-order valence-electron chi connectivity index (χ1n) is 7.38. The second-order valence-electron chi connectivity index (χ2n) is 5.18. The monoisotopic (exact) mass is 345 g/mol. The van der Waals surface area contributed by atoms with Gasteiger partial charge in [-0.25, -0.2) is 0 Å².